The SMILES string of the molecule is O=S(=O)(c1ccccc1)n1ccc(Cl)c1C1OCCO1. The van der Waals surface area contributed by atoms with Crippen LogP contribution in [0.5, 0.6) is 0 Å². The lowest BCUT2D eigenvalue weighted by Crippen LogP contribution is -2.17. The highest BCUT2D eigenvalue weighted by molar-refractivity contribution is 7.90. The summed E-state index contributed by atoms with van der Waals surface area (Å²) in [5.41, 5.74) is 0.299. The molecule has 5 nitrogen and oxygen atoms in total. The summed E-state index contributed by atoms with van der Waals surface area (Å²) >= 11 is 6.07. The first-order chi connectivity index (χ1) is 9.60. The van der Waals surface area contributed by atoms with Crippen molar-refractivity contribution in [1.29, 1.82) is 0 Å². The minimum atomic E-state index is -3.71. The molecule has 1 aliphatic rings. The van der Waals surface area contributed by atoms with Gasteiger partial charge in [0.25, 0.3) is 10.0 Å². The molecule has 20 heavy (non-hydrogen) atoms. The van der Waals surface area contributed by atoms with Crippen LogP contribution in [-0.2, 0) is 19.5 Å². The normalized spacial score (nSPS) is 16.6. The van der Waals surface area contributed by atoms with Crippen LogP contribution < -0.4 is 0 Å². The maximum atomic E-state index is 12.6. The van der Waals surface area contributed by atoms with E-state index >= 15 is 0 Å². The zero-order valence-corrected chi connectivity index (χ0v) is 12.0. The molecule has 1 aliphatic heterocycles. The van der Waals surface area contributed by atoms with Crippen molar-refractivity contribution in [2.75, 3.05) is 13.2 Å². The summed E-state index contributed by atoms with van der Waals surface area (Å²) in [6.45, 7) is 0.828. The Hall–Kier alpha value is -1.34. The van der Waals surface area contributed by atoms with Crippen LogP contribution in [0, 0.1) is 0 Å². The van der Waals surface area contributed by atoms with Gasteiger partial charge in [-0.05, 0) is 18.2 Å². The highest BCUT2D eigenvalue weighted by Crippen LogP contribution is 2.32. The molecule has 1 aromatic carbocycles. The maximum absolute atomic E-state index is 12.6. The number of hydrogen-bond donors (Lipinski definition) is 0. The lowest BCUT2D eigenvalue weighted by Gasteiger charge is -2.14. The number of rotatable bonds is 3. The second-order valence-electron chi connectivity index (χ2n) is 4.24. The van der Waals surface area contributed by atoms with Gasteiger partial charge in [0, 0.05) is 6.20 Å². The fourth-order valence-electron chi connectivity index (χ4n) is 2.05. The fraction of sp³-hybridized carbons (Fsp3) is 0.231. The molecule has 2 aromatic rings. The predicted octanol–water partition coefficient (Wildman–Crippen LogP) is 2.42. The summed E-state index contributed by atoms with van der Waals surface area (Å²) in [5.74, 6) is 0. The van der Waals surface area contributed by atoms with Crippen LogP contribution in [0.3, 0.4) is 0 Å². The van der Waals surface area contributed by atoms with Crippen LogP contribution in [0.25, 0.3) is 0 Å². The second-order valence-corrected chi connectivity index (χ2v) is 6.46. The maximum Gasteiger partial charge on any atom is 0.268 e. The molecule has 0 bridgehead atoms. The number of benzene rings is 1. The summed E-state index contributed by atoms with van der Waals surface area (Å²) < 4.78 is 37.1. The molecule has 3 rings (SSSR count). The summed E-state index contributed by atoms with van der Waals surface area (Å²) in [5, 5.41) is 0.302. The third kappa shape index (κ3) is 2.25. The quantitative estimate of drug-likeness (QED) is 0.873. The topological polar surface area (TPSA) is 57.5 Å². The molecular formula is C13H12ClNO4S. The van der Waals surface area contributed by atoms with Crippen molar-refractivity contribution in [3.8, 4) is 0 Å². The molecule has 1 saturated heterocycles. The Labute approximate surface area is 121 Å². The van der Waals surface area contributed by atoms with E-state index < -0.39 is 16.3 Å². The van der Waals surface area contributed by atoms with Gasteiger partial charge in [0.2, 0.25) is 6.29 Å². The Morgan fingerprint density at radius 1 is 1.10 bits per heavy atom. The molecule has 0 amide bonds. The van der Waals surface area contributed by atoms with Gasteiger partial charge in [0.15, 0.2) is 0 Å². The molecule has 1 aromatic heterocycles. The minimum absolute atomic E-state index is 0.187. The van der Waals surface area contributed by atoms with Gasteiger partial charge in [0.1, 0.15) is 5.69 Å². The van der Waals surface area contributed by atoms with E-state index in [1.54, 1.807) is 18.2 Å². The minimum Gasteiger partial charge on any atom is -0.345 e. The summed E-state index contributed by atoms with van der Waals surface area (Å²) in [6, 6.07) is 9.67. The monoisotopic (exact) mass is 313 g/mol. The standard InChI is InChI=1S/C13H12ClNO4S/c14-11-6-7-15(12(11)13-18-8-9-19-13)20(16,17)10-4-2-1-3-5-10/h1-7,13H,8-9H2. The van der Waals surface area contributed by atoms with Gasteiger partial charge in [-0.15, -0.1) is 0 Å². The van der Waals surface area contributed by atoms with Gasteiger partial charge in [0.05, 0.1) is 23.1 Å². The molecule has 7 heteroatoms. The largest absolute Gasteiger partial charge is 0.345 e. The van der Waals surface area contributed by atoms with E-state index in [0.29, 0.717) is 23.9 Å². The summed E-state index contributed by atoms with van der Waals surface area (Å²) in [4.78, 5) is 0.187. The van der Waals surface area contributed by atoms with E-state index in [-0.39, 0.29) is 4.90 Å². The summed E-state index contributed by atoms with van der Waals surface area (Å²) in [6.07, 6.45) is 0.654. The first-order valence-electron chi connectivity index (χ1n) is 6.01. The molecule has 0 saturated carbocycles. The van der Waals surface area contributed by atoms with E-state index in [4.69, 9.17) is 21.1 Å². The molecule has 0 radical (unpaired) electrons. The Kier molecular flexibility index (Phi) is 3.55. The predicted molar refractivity (Wildman–Crippen MR) is 73.1 cm³/mol. The smallest absolute Gasteiger partial charge is 0.268 e. The van der Waals surface area contributed by atoms with Crippen LogP contribution >= 0.6 is 11.6 Å². The van der Waals surface area contributed by atoms with Crippen molar-refractivity contribution in [3.05, 3.63) is 53.3 Å². The third-order valence-electron chi connectivity index (χ3n) is 2.98. The lowest BCUT2D eigenvalue weighted by atomic mass is 10.4. The fourth-order valence-corrected chi connectivity index (χ4v) is 3.73. The molecule has 0 atom stereocenters. The molecule has 1 fully saturated rings. The first kappa shape index (κ1) is 13.6. The van der Waals surface area contributed by atoms with E-state index in [2.05, 4.69) is 0 Å². The third-order valence-corrected chi connectivity index (χ3v) is 5.01. The number of aromatic nitrogens is 1. The van der Waals surface area contributed by atoms with Gasteiger partial charge in [-0.25, -0.2) is 12.4 Å². The zero-order valence-electron chi connectivity index (χ0n) is 10.4. The van der Waals surface area contributed by atoms with E-state index in [1.807, 2.05) is 0 Å². The Bertz CT molecular complexity index is 705. The van der Waals surface area contributed by atoms with Gasteiger partial charge < -0.3 is 9.47 Å². The number of ether oxygens (including phenoxy) is 2. The average Bonchev–Trinajstić information content (AvgIpc) is 3.08. The van der Waals surface area contributed by atoms with Crippen LogP contribution in [0.1, 0.15) is 12.0 Å². The zero-order chi connectivity index (χ0) is 14.2. The molecule has 2 heterocycles. The van der Waals surface area contributed by atoms with Crippen LogP contribution in [0.15, 0.2) is 47.5 Å². The summed E-state index contributed by atoms with van der Waals surface area (Å²) in [7, 11) is -3.71. The number of hydrogen-bond acceptors (Lipinski definition) is 4. The van der Waals surface area contributed by atoms with Gasteiger partial charge in [-0.3, -0.25) is 0 Å². The lowest BCUT2D eigenvalue weighted by molar-refractivity contribution is -0.0476. The number of nitrogens with zero attached hydrogens (tertiary/aromatic N) is 1. The van der Waals surface area contributed by atoms with Gasteiger partial charge in [-0.1, -0.05) is 29.8 Å². The van der Waals surface area contributed by atoms with Crippen LogP contribution in [-0.4, -0.2) is 25.6 Å². The molecule has 0 unspecified atom stereocenters. The highest BCUT2D eigenvalue weighted by atomic mass is 35.5. The van der Waals surface area contributed by atoms with Crippen molar-refractivity contribution in [1.82, 2.24) is 3.97 Å². The van der Waals surface area contributed by atoms with Gasteiger partial charge in [-0.2, -0.15) is 0 Å². The van der Waals surface area contributed by atoms with E-state index in [1.165, 1.54) is 24.4 Å². The molecule has 0 aliphatic carbocycles. The van der Waals surface area contributed by atoms with Crippen molar-refractivity contribution in [2.24, 2.45) is 0 Å². The van der Waals surface area contributed by atoms with Gasteiger partial charge >= 0.3 is 0 Å². The van der Waals surface area contributed by atoms with Crippen LogP contribution in [0.2, 0.25) is 5.02 Å². The van der Waals surface area contributed by atoms with E-state index in [0.717, 1.165) is 3.97 Å². The molecule has 0 spiro atoms. The highest BCUT2D eigenvalue weighted by Gasteiger charge is 2.30. The van der Waals surface area contributed by atoms with Crippen molar-refractivity contribution in [3.63, 3.8) is 0 Å². The van der Waals surface area contributed by atoms with E-state index in [9.17, 15) is 8.42 Å². The molecular weight excluding hydrogens is 302 g/mol. The molecule has 106 valence electrons. The number of halogens is 1. The Morgan fingerprint density at radius 2 is 1.75 bits per heavy atom. The average molecular weight is 314 g/mol. The Balaban J connectivity index is 2.11. The molecule has 0 N–H and O–H groups in total. The van der Waals surface area contributed by atoms with Crippen molar-refractivity contribution >= 4 is 21.6 Å². The van der Waals surface area contributed by atoms with Crippen molar-refractivity contribution < 1.29 is 17.9 Å². The Morgan fingerprint density at radius 3 is 2.40 bits per heavy atom. The second kappa shape index (κ2) is 5.21. The van der Waals surface area contributed by atoms with Crippen molar-refractivity contribution in [2.45, 2.75) is 11.2 Å². The first-order valence-corrected chi connectivity index (χ1v) is 7.83. The van der Waals surface area contributed by atoms with Crippen LogP contribution in [0.4, 0.5) is 0 Å².